The smallest absolute Gasteiger partial charge is 0.0466 e. The minimum absolute atomic E-state index is 0.757. The molecule has 2 aromatic carbocycles. The lowest BCUT2D eigenvalue weighted by Crippen LogP contribution is -1.94. The van der Waals surface area contributed by atoms with E-state index in [0.717, 1.165) is 27.8 Å². The summed E-state index contributed by atoms with van der Waals surface area (Å²) in [5.41, 5.74) is 10.4. The van der Waals surface area contributed by atoms with Gasteiger partial charge in [-0.3, -0.25) is 0 Å². The predicted octanol–water partition coefficient (Wildman–Crippen LogP) is 4.66. The molecule has 18 heavy (non-hydrogen) atoms. The van der Waals surface area contributed by atoms with E-state index < -0.39 is 0 Å². The van der Waals surface area contributed by atoms with Gasteiger partial charge in [0, 0.05) is 27.8 Å². The number of anilines is 1. The Kier molecular flexibility index (Phi) is 4.56. The van der Waals surface area contributed by atoms with Crippen molar-refractivity contribution in [2.24, 2.45) is 0 Å². The maximum Gasteiger partial charge on any atom is 0.0466 e. The van der Waals surface area contributed by atoms with Crippen molar-refractivity contribution >= 4 is 29.1 Å². The molecular formula is C15H16ClNS. The lowest BCUT2D eigenvalue weighted by atomic mass is 10.1. The van der Waals surface area contributed by atoms with Crippen LogP contribution in [0.25, 0.3) is 0 Å². The van der Waals surface area contributed by atoms with Crippen LogP contribution in [0.2, 0.25) is 5.02 Å². The van der Waals surface area contributed by atoms with E-state index >= 15 is 0 Å². The number of hydrogen-bond donors (Lipinski definition) is 1. The van der Waals surface area contributed by atoms with Crippen LogP contribution in [0.4, 0.5) is 5.69 Å². The van der Waals surface area contributed by atoms with E-state index in [2.05, 4.69) is 31.2 Å². The number of rotatable bonds is 4. The van der Waals surface area contributed by atoms with Gasteiger partial charge in [0.25, 0.3) is 0 Å². The highest BCUT2D eigenvalue weighted by Crippen LogP contribution is 2.28. The van der Waals surface area contributed by atoms with E-state index in [1.54, 1.807) is 0 Å². The summed E-state index contributed by atoms with van der Waals surface area (Å²) in [5.74, 6) is 1.83. The minimum Gasteiger partial charge on any atom is -0.398 e. The molecule has 2 aromatic rings. The molecule has 0 saturated carbocycles. The predicted molar refractivity (Wildman–Crippen MR) is 82.0 cm³/mol. The Bertz CT molecular complexity index is 520. The molecular weight excluding hydrogens is 262 g/mol. The lowest BCUT2D eigenvalue weighted by molar-refractivity contribution is 1.30. The zero-order chi connectivity index (χ0) is 13.0. The second-order valence-corrected chi connectivity index (χ2v) is 5.62. The first-order valence-corrected chi connectivity index (χ1v) is 7.37. The third kappa shape index (κ3) is 3.21. The highest BCUT2D eigenvalue weighted by Gasteiger charge is 2.05. The average molecular weight is 278 g/mol. The maximum atomic E-state index is 6.15. The molecule has 0 aromatic heterocycles. The Hall–Kier alpha value is -1.12. The van der Waals surface area contributed by atoms with Crippen LogP contribution < -0.4 is 5.73 Å². The van der Waals surface area contributed by atoms with Crippen molar-refractivity contribution in [1.82, 2.24) is 0 Å². The van der Waals surface area contributed by atoms with Crippen LogP contribution in [-0.4, -0.2) is 0 Å². The Morgan fingerprint density at radius 1 is 1.06 bits per heavy atom. The van der Waals surface area contributed by atoms with Crippen LogP contribution in [0.3, 0.4) is 0 Å². The number of halogens is 1. The van der Waals surface area contributed by atoms with Crippen LogP contribution in [0, 0.1) is 6.92 Å². The number of thioether (sulfide) groups is 1. The van der Waals surface area contributed by atoms with Gasteiger partial charge in [-0.1, -0.05) is 41.9 Å². The third-order valence-corrected chi connectivity index (χ3v) is 4.28. The van der Waals surface area contributed by atoms with Gasteiger partial charge in [-0.2, -0.15) is 11.8 Å². The van der Waals surface area contributed by atoms with Gasteiger partial charge in [-0.25, -0.2) is 0 Å². The maximum absolute atomic E-state index is 6.15. The summed E-state index contributed by atoms with van der Waals surface area (Å²) in [4.78, 5) is 0. The summed E-state index contributed by atoms with van der Waals surface area (Å²) in [6, 6.07) is 14.1. The van der Waals surface area contributed by atoms with E-state index in [1.165, 1.54) is 11.1 Å². The first-order chi connectivity index (χ1) is 8.68. The van der Waals surface area contributed by atoms with E-state index in [9.17, 15) is 0 Å². The number of hydrogen-bond acceptors (Lipinski definition) is 2. The molecule has 0 heterocycles. The molecule has 0 aliphatic rings. The van der Waals surface area contributed by atoms with Crippen LogP contribution in [0.1, 0.15) is 16.7 Å². The number of nitrogen functional groups attached to an aromatic ring is 1. The number of nitrogens with two attached hydrogens (primary N) is 1. The van der Waals surface area contributed by atoms with Crippen LogP contribution in [0.5, 0.6) is 0 Å². The highest BCUT2D eigenvalue weighted by atomic mass is 35.5. The fourth-order valence-corrected chi connectivity index (χ4v) is 3.26. The molecule has 0 radical (unpaired) electrons. The monoisotopic (exact) mass is 277 g/mol. The van der Waals surface area contributed by atoms with Gasteiger partial charge in [-0.05, 0) is 30.2 Å². The Balaban J connectivity index is 1.99. The fraction of sp³-hybridized carbons (Fsp3) is 0.200. The normalized spacial score (nSPS) is 10.6. The SMILES string of the molecule is Cc1ccccc1CSCc1c(N)cccc1Cl. The molecule has 0 saturated heterocycles. The van der Waals surface area contributed by atoms with Crippen molar-refractivity contribution in [2.45, 2.75) is 18.4 Å². The first-order valence-electron chi connectivity index (χ1n) is 5.83. The highest BCUT2D eigenvalue weighted by molar-refractivity contribution is 7.97. The minimum atomic E-state index is 0.757. The van der Waals surface area contributed by atoms with Crippen molar-refractivity contribution in [3.05, 3.63) is 64.2 Å². The van der Waals surface area contributed by atoms with Gasteiger partial charge >= 0.3 is 0 Å². The summed E-state index contributed by atoms with van der Waals surface area (Å²) < 4.78 is 0. The van der Waals surface area contributed by atoms with Crippen LogP contribution in [-0.2, 0) is 11.5 Å². The molecule has 0 amide bonds. The molecule has 2 N–H and O–H groups in total. The van der Waals surface area contributed by atoms with Crippen molar-refractivity contribution in [3.63, 3.8) is 0 Å². The molecule has 3 heteroatoms. The molecule has 0 atom stereocenters. The van der Waals surface area contributed by atoms with Gasteiger partial charge in [0.1, 0.15) is 0 Å². The van der Waals surface area contributed by atoms with E-state index in [4.69, 9.17) is 17.3 Å². The van der Waals surface area contributed by atoms with Crippen molar-refractivity contribution in [3.8, 4) is 0 Å². The van der Waals surface area contributed by atoms with Crippen LogP contribution >= 0.6 is 23.4 Å². The largest absolute Gasteiger partial charge is 0.398 e. The molecule has 0 aliphatic heterocycles. The zero-order valence-electron chi connectivity index (χ0n) is 10.3. The van der Waals surface area contributed by atoms with E-state index in [0.29, 0.717) is 0 Å². The molecule has 1 nitrogen and oxygen atoms in total. The third-order valence-electron chi connectivity index (χ3n) is 2.92. The Labute approximate surface area is 117 Å². The van der Waals surface area contributed by atoms with Gasteiger partial charge in [0.15, 0.2) is 0 Å². The zero-order valence-corrected chi connectivity index (χ0v) is 11.9. The molecule has 2 rings (SSSR count). The lowest BCUT2D eigenvalue weighted by Gasteiger charge is -2.09. The Morgan fingerprint density at radius 2 is 1.83 bits per heavy atom. The quantitative estimate of drug-likeness (QED) is 0.822. The van der Waals surface area contributed by atoms with E-state index in [-0.39, 0.29) is 0 Å². The van der Waals surface area contributed by atoms with Crippen LogP contribution in [0.15, 0.2) is 42.5 Å². The number of benzene rings is 2. The summed E-state index contributed by atoms with van der Waals surface area (Å²) in [7, 11) is 0. The Morgan fingerprint density at radius 3 is 2.56 bits per heavy atom. The molecule has 0 fully saturated rings. The van der Waals surface area contributed by atoms with Crippen molar-refractivity contribution in [2.75, 3.05) is 5.73 Å². The fourth-order valence-electron chi connectivity index (χ4n) is 1.76. The molecule has 0 aliphatic carbocycles. The van der Waals surface area contributed by atoms with E-state index in [1.807, 2.05) is 30.0 Å². The second-order valence-electron chi connectivity index (χ2n) is 4.23. The summed E-state index contributed by atoms with van der Waals surface area (Å²) in [5, 5.41) is 0.757. The van der Waals surface area contributed by atoms with Gasteiger partial charge in [-0.15, -0.1) is 0 Å². The topological polar surface area (TPSA) is 26.0 Å². The molecule has 0 spiro atoms. The van der Waals surface area contributed by atoms with Crippen molar-refractivity contribution in [1.29, 1.82) is 0 Å². The second kappa shape index (κ2) is 6.17. The van der Waals surface area contributed by atoms with Crippen molar-refractivity contribution < 1.29 is 0 Å². The first kappa shape index (κ1) is 13.3. The molecule has 0 bridgehead atoms. The summed E-state index contributed by atoms with van der Waals surface area (Å²) in [6.45, 7) is 2.14. The number of aryl methyl sites for hydroxylation is 1. The summed E-state index contributed by atoms with van der Waals surface area (Å²) >= 11 is 7.99. The standard InChI is InChI=1S/C15H16ClNS/c1-11-5-2-3-6-12(11)9-18-10-13-14(16)7-4-8-15(13)17/h2-8H,9-10,17H2,1H3. The van der Waals surface area contributed by atoms with Gasteiger partial charge in [0.2, 0.25) is 0 Å². The van der Waals surface area contributed by atoms with Gasteiger partial charge in [0.05, 0.1) is 0 Å². The molecule has 0 unspecified atom stereocenters. The average Bonchev–Trinajstić information content (AvgIpc) is 2.35. The van der Waals surface area contributed by atoms with Gasteiger partial charge < -0.3 is 5.73 Å². The molecule has 94 valence electrons. The summed E-state index contributed by atoms with van der Waals surface area (Å²) in [6.07, 6.45) is 0.